The molecule has 0 bridgehead atoms. The Labute approximate surface area is 114 Å². The minimum Gasteiger partial charge on any atom is -0.371 e. The highest BCUT2D eigenvalue weighted by molar-refractivity contribution is 9.10. The lowest BCUT2D eigenvalue weighted by atomic mass is 10.1. The summed E-state index contributed by atoms with van der Waals surface area (Å²) in [5.74, 6) is 0. The van der Waals surface area contributed by atoms with E-state index in [0.29, 0.717) is 0 Å². The maximum Gasteiger partial charge on any atom is 0.0418 e. The van der Waals surface area contributed by atoms with Gasteiger partial charge in [-0.3, -0.25) is 0 Å². The fraction of sp³-hybridized carbons (Fsp3) is 0.538. The first-order chi connectivity index (χ1) is 7.72. The Balaban J connectivity index is 2.26. The van der Waals surface area contributed by atoms with Crippen LogP contribution in [0.1, 0.15) is 31.2 Å². The molecule has 0 unspecified atom stereocenters. The number of nitrogens with zero attached hydrogens (tertiary/aromatic N) is 1. The topological polar surface area (TPSA) is 3.24 Å². The van der Waals surface area contributed by atoms with E-state index in [4.69, 9.17) is 0 Å². The van der Waals surface area contributed by atoms with Crippen LogP contribution >= 0.6 is 31.9 Å². The molecule has 1 aliphatic rings. The molecule has 0 saturated heterocycles. The van der Waals surface area contributed by atoms with E-state index in [2.05, 4.69) is 62.0 Å². The van der Waals surface area contributed by atoms with Gasteiger partial charge in [-0.15, -0.1) is 0 Å². The number of hydrogen-bond acceptors (Lipinski definition) is 1. The van der Waals surface area contributed by atoms with E-state index in [9.17, 15) is 0 Å². The third-order valence-electron chi connectivity index (χ3n) is 3.44. The molecule has 0 atom stereocenters. The number of hydrogen-bond donors (Lipinski definition) is 0. The van der Waals surface area contributed by atoms with Gasteiger partial charge in [0.25, 0.3) is 0 Å². The van der Waals surface area contributed by atoms with E-state index in [1.54, 1.807) is 0 Å². The third-order valence-corrected chi connectivity index (χ3v) is 4.54. The fourth-order valence-corrected chi connectivity index (χ4v) is 3.29. The lowest BCUT2D eigenvalue weighted by Crippen LogP contribution is -2.29. The second-order valence-corrected chi connectivity index (χ2v) is 5.93. The van der Waals surface area contributed by atoms with Crippen LogP contribution in [0.25, 0.3) is 0 Å². The van der Waals surface area contributed by atoms with Gasteiger partial charge in [0.15, 0.2) is 0 Å². The van der Waals surface area contributed by atoms with Gasteiger partial charge in [-0.25, -0.2) is 0 Å². The summed E-state index contributed by atoms with van der Waals surface area (Å²) in [4.78, 5) is 2.45. The zero-order chi connectivity index (χ0) is 11.5. The zero-order valence-electron chi connectivity index (χ0n) is 9.55. The van der Waals surface area contributed by atoms with Gasteiger partial charge in [-0.2, -0.15) is 0 Å². The predicted octanol–water partition coefficient (Wildman–Crippen LogP) is 4.72. The van der Waals surface area contributed by atoms with Crippen LogP contribution in [0.5, 0.6) is 0 Å². The SMILES string of the molecule is CN(c1cc(Br)ccc1CBr)C1CCCC1. The maximum absolute atomic E-state index is 3.57. The van der Waals surface area contributed by atoms with Gasteiger partial charge in [0.05, 0.1) is 0 Å². The molecule has 1 fully saturated rings. The molecule has 0 amide bonds. The van der Waals surface area contributed by atoms with Crippen molar-refractivity contribution in [1.29, 1.82) is 0 Å². The Bertz CT molecular complexity index is 359. The molecular weight excluding hydrogens is 330 g/mol. The van der Waals surface area contributed by atoms with E-state index >= 15 is 0 Å². The molecule has 0 heterocycles. The van der Waals surface area contributed by atoms with Gasteiger partial charge in [-0.05, 0) is 30.5 Å². The van der Waals surface area contributed by atoms with E-state index in [1.807, 2.05) is 0 Å². The third kappa shape index (κ3) is 2.62. The van der Waals surface area contributed by atoms with Crippen LogP contribution in [-0.2, 0) is 5.33 Å². The molecular formula is C13H17Br2N. The molecule has 0 aliphatic heterocycles. The van der Waals surface area contributed by atoms with Crippen LogP contribution < -0.4 is 4.90 Å². The molecule has 0 aromatic heterocycles. The second-order valence-electron chi connectivity index (χ2n) is 4.46. The molecule has 0 radical (unpaired) electrons. The lowest BCUT2D eigenvalue weighted by Gasteiger charge is -2.28. The lowest BCUT2D eigenvalue weighted by molar-refractivity contribution is 0.652. The highest BCUT2D eigenvalue weighted by atomic mass is 79.9. The van der Waals surface area contributed by atoms with E-state index < -0.39 is 0 Å². The predicted molar refractivity (Wildman–Crippen MR) is 77.4 cm³/mol. The highest BCUT2D eigenvalue weighted by Gasteiger charge is 2.21. The normalized spacial score (nSPS) is 16.7. The summed E-state index contributed by atoms with van der Waals surface area (Å²) in [6.07, 6.45) is 5.44. The first-order valence-corrected chi connectivity index (χ1v) is 7.71. The van der Waals surface area contributed by atoms with Gasteiger partial charge in [0, 0.05) is 28.6 Å². The molecule has 0 spiro atoms. The molecule has 1 nitrogen and oxygen atoms in total. The van der Waals surface area contributed by atoms with Gasteiger partial charge >= 0.3 is 0 Å². The number of anilines is 1. The molecule has 16 heavy (non-hydrogen) atoms. The summed E-state index contributed by atoms with van der Waals surface area (Å²) in [5, 5.41) is 0.923. The van der Waals surface area contributed by atoms with Crippen LogP contribution in [-0.4, -0.2) is 13.1 Å². The van der Waals surface area contributed by atoms with Crippen molar-refractivity contribution in [2.24, 2.45) is 0 Å². The van der Waals surface area contributed by atoms with Crippen molar-refractivity contribution in [3.8, 4) is 0 Å². The van der Waals surface area contributed by atoms with Crippen molar-refractivity contribution in [3.63, 3.8) is 0 Å². The number of benzene rings is 1. The standard InChI is InChI=1S/C13H17Br2N/c1-16(12-4-2-3-5-12)13-8-11(15)7-6-10(13)9-14/h6-8,12H,2-5,9H2,1H3. The first kappa shape index (κ1) is 12.4. The monoisotopic (exact) mass is 345 g/mol. The highest BCUT2D eigenvalue weighted by Crippen LogP contribution is 2.32. The molecule has 1 aromatic rings. The zero-order valence-corrected chi connectivity index (χ0v) is 12.7. The Kier molecular flexibility index (Phi) is 4.31. The Morgan fingerprint density at radius 3 is 2.62 bits per heavy atom. The first-order valence-electron chi connectivity index (χ1n) is 5.79. The number of halogens is 2. The molecule has 1 aromatic carbocycles. The van der Waals surface area contributed by atoms with Crippen molar-refractivity contribution in [3.05, 3.63) is 28.2 Å². The van der Waals surface area contributed by atoms with Crippen LogP contribution in [0, 0.1) is 0 Å². The number of alkyl halides is 1. The number of rotatable bonds is 3. The summed E-state index contributed by atoms with van der Waals surface area (Å²) < 4.78 is 1.16. The van der Waals surface area contributed by atoms with Gasteiger partial charge in [0.1, 0.15) is 0 Å². The minimum absolute atomic E-state index is 0.729. The molecule has 1 aliphatic carbocycles. The van der Waals surface area contributed by atoms with E-state index in [-0.39, 0.29) is 0 Å². The van der Waals surface area contributed by atoms with Crippen molar-refractivity contribution < 1.29 is 0 Å². The summed E-state index contributed by atoms with van der Waals surface area (Å²) in [6, 6.07) is 7.27. The van der Waals surface area contributed by atoms with Crippen molar-refractivity contribution in [1.82, 2.24) is 0 Å². The summed E-state index contributed by atoms with van der Waals surface area (Å²) in [7, 11) is 2.23. The average molecular weight is 347 g/mol. The quantitative estimate of drug-likeness (QED) is 0.715. The molecule has 3 heteroatoms. The molecule has 1 saturated carbocycles. The van der Waals surface area contributed by atoms with Crippen LogP contribution in [0.3, 0.4) is 0 Å². The fourth-order valence-electron chi connectivity index (χ4n) is 2.47. The second kappa shape index (κ2) is 5.54. The molecule has 88 valence electrons. The maximum atomic E-state index is 3.57. The van der Waals surface area contributed by atoms with Crippen molar-refractivity contribution >= 4 is 37.5 Å². The Hall–Kier alpha value is -0.0200. The van der Waals surface area contributed by atoms with Crippen LogP contribution in [0.15, 0.2) is 22.7 Å². The molecule has 0 N–H and O–H groups in total. The van der Waals surface area contributed by atoms with E-state index in [1.165, 1.54) is 36.9 Å². The van der Waals surface area contributed by atoms with Crippen molar-refractivity contribution in [2.75, 3.05) is 11.9 Å². The largest absolute Gasteiger partial charge is 0.371 e. The van der Waals surface area contributed by atoms with Crippen molar-refractivity contribution in [2.45, 2.75) is 37.1 Å². The summed E-state index contributed by atoms with van der Waals surface area (Å²) >= 11 is 7.13. The smallest absolute Gasteiger partial charge is 0.0418 e. The molecule has 2 rings (SSSR count). The van der Waals surface area contributed by atoms with Gasteiger partial charge in [-0.1, -0.05) is 50.8 Å². The Morgan fingerprint density at radius 2 is 2.00 bits per heavy atom. The minimum atomic E-state index is 0.729. The summed E-state index contributed by atoms with van der Waals surface area (Å²) in [5.41, 5.74) is 2.73. The average Bonchev–Trinajstić information content (AvgIpc) is 2.81. The van der Waals surface area contributed by atoms with Gasteiger partial charge < -0.3 is 4.90 Å². The van der Waals surface area contributed by atoms with Crippen LogP contribution in [0.2, 0.25) is 0 Å². The van der Waals surface area contributed by atoms with Crippen LogP contribution in [0.4, 0.5) is 5.69 Å². The Morgan fingerprint density at radius 1 is 1.31 bits per heavy atom. The summed E-state index contributed by atoms with van der Waals surface area (Å²) in [6.45, 7) is 0. The van der Waals surface area contributed by atoms with E-state index in [0.717, 1.165) is 15.8 Å². The van der Waals surface area contributed by atoms with Gasteiger partial charge in [0.2, 0.25) is 0 Å².